The molecule has 2 aromatic heterocycles. The Kier molecular flexibility index (Phi) is 6.99. The first-order valence-corrected chi connectivity index (χ1v) is 12.6. The van der Waals surface area contributed by atoms with Crippen molar-refractivity contribution in [3.63, 3.8) is 0 Å². The molecule has 36 heavy (non-hydrogen) atoms. The minimum absolute atomic E-state index is 0.307. The number of carbonyl (C=O) groups is 2. The van der Waals surface area contributed by atoms with Crippen LogP contribution in [0.25, 0.3) is 0 Å². The highest BCUT2D eigenvalue weighted by atomic mass is 16.4. The summed E-state index contributed by atoms with van der Waals surface area (Å²) in [7, 11) is 1.93. The molecule has 2 atom stereocenters. The highest BCUT2D eigenvalue weighted by Gasteiger charge is 2.34. The summed E-state index contributed by atoms with van der Waals surface area (Å²) in [6.45, 7) is 1.75. The third kappa shape index (κ3) is 4.97. The Morgan fingerprint density at radius 2 is 2.06 bits per heavy atom. The molecule has 1 aliphatic heterocycles. The van der Waals surface area contributed by atoms with Crippen molar-refractivity contribution in [2.75, 3.05) is 11.4 Å². The molecule has 0 fully saturated rings. The van der Waals surface area contributed by atoms with E-state index in [1.807, 2.05) is 29.9 Å². The van der Waals surface area contributed by atoms with Crippen LogP contribution in [0.4, 0.5) is 5.82 Å². The molecule has 0 saturated heterocycles. The summed E-state index contributed by atoms with van der Waals surface area (Å²) in [5.74, 6) is 0.479. The lowest BCUT2D eigenvalue weighted by molar-refractivity contribution is -0.139. The van der Waals surface area contributed by atoms with Crippen LogP contribution in [0.1, 0.15) is 64.7 Å². The van der Waals surface area contributed by atoms with Crippen molar-refractivity contribution in [1.29, 1.82) is 0 Å². The molecular formula is C27H32N6O3. The molecule has 0 radical (unpaired) electrons. The van der Waals surface area contributed by atoms with Gasteiger partial charge in [-0.2, -0.15) is 0 Å². The Hall–Kier alpha value is -3.72. The van der Waals surface area contributed by atoms with Gasteiger partial charge in [0.25, 0.3) is 5.91 Å². The number of hydrogen-bond acceptors (Lipinski definition) is 6. The van der Waals surface area contributed by atoms with Gasteiger partial charge in [-0.25, -0.2) is 14.8 Å². The number of nitrogens with zero attached hydrogens (tertiary/aromatic N) is 4. The van der Waals surface area contributed by atoms with E-state index in [4.69, 9.17) is 4.98 Å². The lowest BCUT2D eigenvalue weighted by atomic mass is 9.93. The molecular weight excluding hydrogens is 456 g/mol. The van der Waals surface area contributed by atoms with Crippen LogP contribution in [0.2, 0.25) is 0 Å². The molecule has 1 aromatic carbocycles. The molecule has 1 amide bonds. The number of aromatic nitrogens is 3. The second-order valence-corrected chi connectivity index (χ2v) is 9.54. The zero-order chi connectivity index (χ0) is 25.1. The van der Waals surface area contributed by atoms with Gasteiger partial charge in [0.2, 0.25) is 0 Å². The van der Waals surface area contributed by atoms with E-state index in [9.17, 15) is 14.7 Å². The summed E-state index contributed by atoms with van der Waals surface area (Å²) in [6.07, 6.45) is 7.94. The van der Waals surface area contributed by atoms with Gasteiger partial charge in [0.05, 0.1) is 18.3 Å². The lowest BCUT2D eigenvalue weighted by Gasteiger charge is -2.29. The van der Waals surface area contributed by atoms with E-state index in [0.717, 1.165) is 43.0 Å². The fourth-order valence-corrected chi connectivity index (χ4v) is 5.24. The Labute approximate surface area is 210 Å². The van der Waals surface area contributed by atoms with Crippen LogP contribution in [0.5, 0.6) is 0 Å². The molecule has 3 N–H and O–H groups in total. The molecule has 9 nitrogen and oxygen atoms in total. The van der Waals surface area contributed by atoms with Gasteiger partial charge < -0.3 is 25.2 Å². The van der Waals surface area contributed by atoms with Crippen LogP contribution in [-0.4, -0.2) is 44.1 Å². The summed E-state index contributed by atoms with van der Waals surface area (Å²) in [4.78, 5) is 36.4. The smallest absolute Gasteiger partial charge is 0.326 e. The molecule has 1 aliphatic carbocycles. The topological polar surface area (TPSA) is 112 Å². The van der Waals surface area contributed by atoms with Crippen molar-refractivity contribution in [1.82, 2.24) is 25.2 Å². The molecule has 3 heterocycles. The van der Waals surface area contributed by atoms with E-state index in [2.05, 4.69) is 32.7 Å². The van der Waals surface area contributed by atoms with Crippen LogP contribution < -0.4 is 15.5 Å². The van der Waals surface area contributed by atoms with Crippen molar-refractivity contribution in [2.24, 2.45) is 7.05 Å². The highest BCUT2D eigenvalue weighted by molar-refractivity contribution is 5.97. The maximum Gasteiger partial charge on any atom is 0.326 e. The molecule has 0 unspecified atom stereocenters. The van der Waals surface area contributed by atoms with Crippen LogP contribution in [-0.2, 0) is 31.4 Å². The summed E-state index contributed by atoms with van der Waals surface area (Å²) >= 11 is 0. The second kappa shape index (κ2) is 10.5. The maximum atomic E-state index is 13.1. The van der Waals surface area contributed by atoms with Crippen molar-refractivity contribution in [3.8, 4) is 0 Å². The number of rotatable bonds is 11. The normalized spacial score (nSPS) is 16.7. The molecule has 3 aromatic rings. The summed E-state index contributed by atoms with van der Waals surface area (Å²) in [6, 6.07) is 10.9. The number of imidazole rings is 1. The first-order valence-electron chi connectivity index (χ1n) is 12.6. The number of carboxylic acids is 1. The van der Waals surface area contributed by atoms with Gasteiger partial charge in [0.15, 0.2) is 0 Å². The van der Waals surface area contributed by atoms with E-state index in [-0.39, 0.29) is 5.91 Å². The van der Waals surface area contributed by atoms with Gasteiger partial charge in [-0.1, -0.05) is 24.3 Å². The average Bonchev–Trinajstić information content (AvgIpc) is 3.44. The number of aryl methyl sites for hydroxylation is 2. The number of carboxylic acid groups (broad SMARTS) is 1. The summed E-state index contributed by atoms with van der Waals surface area (Å²) in [5, 5.41) is 15.9. The SMILES string of the molecule is Cn1ccnc1CNCc1ccccc1C(=O)N[C@@H](CCCN1c2ccc3c(n2)[C@@H]1CCC3)C(=O)O. The molecule has 5 rings (SSSR count). The van der Waals surface area contributed by atoms with Gasteiger partial charge in [-0.05, 0) is 55.4 Å². The van der Waals surface area contributed by atoms with Crippen LogP contribution >= 0.6 is 0 Å². The third-order valence-electron chi connectivity index (χ3n) is 7.18. The molecule has 0 spiro atoms. The standard InChI is InChI=1S/C27H32N6O3/c1-32-15-13-29-24(32)17-28-16-19-6-2-3-8-20(19)26(34)30-21(27(35)36)9-5-14-33-22-10-4-7-18-11-12-23(33)31-25(18)22/h2-3,6,8,11-13,15,21-22,28H,4-5,7,9-10,14,16-17H2,1H3,(H,30,34)(H,35,36)/t21-,22-/m0/s1. The van der Waals surface area contributed by atoms with E-state index >= 15 is 0 Å². The molecule has 9 heteroatoms. The largest absolute Gasteiger partial charge is 0.480 e. The lowest BCUT2D eigenvalue weighted by Crippen LogP contribution is -2.41. The van der Waals surface area contributed by atoms with Crippen LogP contribution in [0, 0.1) is 0 Å². The number of hydrogen-bond donors (Lipinski definition) is 3. The number of carbonyl (C=O) groups excluding carboxylic acids is 1. The molecule has 2 bridgehead atoms. The van der Waals surface area contributed by atoms with Gasteiger partial charge in [-0.3, -0.25) is 4.79 Å². The minimum atomic E-state index is -1.02. The van der Waals surface area contributed by atoms with Crippen LogP contribution in [0.15, 0.2) is 48.8 Å². The number of aliphatic carboxylic acids is 1. The number of pyridine rings is 1. The fourth-order valence-electron chi connectivity index (χ4n) is 5.24. The van der Waals surface area contributed by atoms with E-state index in [1.165, 1.54) is 11.3 Å². The van der Waals surface area contributed by atoms with Gasteiger partial charge >= 0.3 is 5.97 Å². The van der Waals surface area contributed by atoms with Crippen molar-refractivity contribution in [2.45, 2.75) is 57.3 Å². The van der Waals surface area contributed by atoms with E-state index in [1.54, 1.807) is 18.3 Å². The van der Waals surface area contributed by atoms with Gasteiger partial charge in [-0.15, -0.1) is 0 Å². The van der Waals surface area contributed by atoms with Gasteiger partial charge in [0.1, 0.15) is 17.7 Å². The first kappa shape index (κ1) is 24.0. The number of fused-ring (bicyclic) bond motifs is 1. The molecule has 188 valence electrons. The summed E-state index contributed by atoms with van der Waals surface area (Å²) in [5.41, 5.74) is 3.81. The number of anilines is 1. The van der Waals surface area contributed by atoms with Crippen LogP contribution in [0.3, 0.4) is 0 Å². The fraction of sp³-hybridized carbons (Fsp3) is 0.407. The Bertz CT molecular complexity index is 1260. The zero-order valence-electron chi connectivity index (χ0n) is 20.5. The minimum Gasteiger partial charge on any atom is -0.480 e. The second-order valence-electron chi connectivity index (χ2n) is 9.54. The summed E-state index contributed by atoms with van der Waals surface area (Å²) < 4.78 is 1.94. The maximum absolute atomic E-state index is 13.1. The van der Waals surface area contributed by atoms with Crippen molar-refractivity contribution >= 4 is 17.7 Å². The first-order chi connectivity index (χ1) is 17.5. The van der Waals surface area contributed by atoms with Crippen molar-refractivity contribution in [3.05, 3.63) is 77.0 Å². The average molecular weight is 489 g/mol. The highest BCUT2D eigenvalue weighted by Crippen LogP contribution is 2.41. The Morgan fingerprint density at radius 3 is 2.86 bits per heavy atom. The van der Waals surface area contributed by atoms with E-state index in [0.29, 0.717) is 37.5 Å². The number of benzene rings is 1. The Balaban J connectivity index is 1.17. The van der Waals surface area contributed by atoms with E-state index < -0.39 is 12.0 Å². The third-order valence-corrected chi connectivity index (χ3v) is 7.18. The quantitative estimate of drug-likeness (QED) is 0.380. The van der Waals surface area contributed by atoms with Crippen molar-refractivity contribution < 1.29 is 14.7 Å². The molecule has 0 saturated carbocycles. The zero-order valence-corrected chi connectivity index (χ0v) is 20.5. The monoisotopic (exact) mass is 488 g/mol. The molecule has 2 aliphatic rings. The number of nitrogens with one attached hydrogen (secondary N) is 2. The Morgan fingerprint density at radius 1 is 1.19 bits per heavy atom. The van der Waals surface area contributed by atoms with Gasteiger partial charge in [0, 0.05) is 38.1 Å². The number of amides is 1. The predicted molar refractivity (Wildman–Crippen MR) is 136 cm³/mol. The predicted octanol–water partition coefficient (Wildman–Crippen LogP) is 2.97.